The number of aliphatic hydroxyl groups is 6. The highest BCUT2D eigenvalue weighted by molar-refractivity contribution is 5.73. The van der Waals surface area contributed by atoms with Crippen molar-refractivity contribution < 1.29 is 64.2 Å². The predicted molar refractivity (Wildman–Crippen MR) is 88.3 cm³/mol. The molecule has 0 heterocycles. The number of rotatable bonds is 16. The van der Waals surface area contributed by atoms with Crippen LogP contribution in [-0.2, 0) is 28.5 Å². The number of hydrogen-bond donors (Lipinski definition) is 7. The maximum atomic E-state index is 11.5. The van der Waals surface area contributed by atoms with E-state index < -0.39 is 68.9 Å². The van der Waals surface area contributed by atoms with Gasteiger partial charge in [-0.2, -0.15) is 0 Å². The van der Waals surface area contributed by atoms with Gasteiger partial charge in [-0.15, -0.1) is 0 Å². The van der Waals surface area contributed by atoms with Crippen LogP contribution < -0.4 is 0 Å². The molecule has 0 amide bonds. The Morgan fingerprint density at radius 2 is 1.46 bits per heavy atom. The number of aliphatic carboxylic acids is 1. The van der Waals surface area contributed by atoms with E-state index in [9.17, 15) is 25.2 Å². The fourth-order valence-corrected chi connectivity index (χ4v) is 1.82. The van der Waals surface area contributed by atoms with E-state index in [1.807, 2.05) is 0 Å². The van der Waals surface area contributed by atoms with Gasteiger partial charge in [0.25, 0.3) is 6.48 Å². The Balaban J connectivity index is 5.13. The maximum Gasteiger partial charge on any atom is 0.335 e. The third-order valence-corrected chi connectivity index (χ3v) is 3.36. The van der Waals surface area contributed by atoms with Gasteiger partial charge in [-0.05, 0) is 20.8 Å². The van der Waals surface area contributed by atoms with Gasteiger partial charge in [0.15, 0.2) is 12.4 Å². The molecule has 0 aromatic rings. The fraction of sp³-hybridized carbons (Fsp3) is 0.933. The van der Waals surface area contributed by atoms with Gasteiger partial charge in [0.2, 0.25) is 12.6 Å². The van der Waals surface area contributed by atoms with Crippen LogP contribution in [0.15, 0.2) is 0 Å². The Bertz CT molecular complexity index is 417. The van der Waals surface area contributed by atoms with Crippen molar-refractivity contribution in [3.05, 3.63) is 0 Å². The summed E-state index contributed by atoms with van der Waals surface area (Å²) in [7, 11) is 0. The van der Waals surface area contributed by atoms with Crippen molar-refractivity contribution in [2.45, 2.75) is 70.5 Å². The summed E-state index contributed by atoms with van der Waals surface area (Å²) in [5, 5.41) is 63.6. The highest BCUT2D eigenvalue weighted by Gasteiger charge is 2.34. The third kappa shape index (κ3) is 11.1. The van der Waals surface area contributed by atoms with Crippen LogP contribution in [0.4, 0.5) is 0 Å². The molecule has 168 valence electrons. The Morgan fingerprint density at radius 1 is 0.893 bits per heavy atom. The highest BCUT2D eigenvalue weighted by Crippen LogP contribution is 2.15. The Labute approximate surface area is 161 Å². The summed E-state index contributed by atoms with van der Waals surface area (Å²) in [6.45, 7) is 0.713. The quantitative estimate of drug-likeness (QED) is 0.124. The molecule has 0 saturated heterocycles. The van der Waals surface area contributed by atoms with Gasteiger partial charge in [0.1, 0.15) is 6.61 Å². The van der Waals surface area contributed by atoms with Crippen LogP contribution in [0.1, 0.15) is 20.8 Å². The molecule has 0 aromatic carbocycles. The molecular weight excluding hydrogens is 388 g/mol. The van der Waals surface area contributed by atoms with Crippen molar-refractivity contribution in [1.29, 1.82) is 0 Å². The van der Waals surface area contributed by atoms with Crippen LogP contribution in [-0.4, -0.2) is 111 Å². The van der Waals surface area contributed by atoms with E-state index in [1.165, 1.54) is 20.8 Å². The summed E-state index contributed by atoms with van der Waals surface area (Å²) in [5.41, 5.74) is 0. The Morgan fingerprint density at radius 3 is 1.89 bits per heavy atom. The van der Waals surface area contributed by atoms with Crippen LogP contribution in [0, 0.1) is 0 Å². The second-order valence-corrected chi connectivity index (χ2v) is 5.78. The van der Waals surface area contributed by atoms with Crippen molar-refractivity contribution >= 4 is 5.97 Å². The van der Waals surface area contributed by atoms with Crippen molar-refractivity contribution in [2.75, 3.05) is 19.8 Å². The summed E-state index contributed by atoms with van der Waals surface area (Å²) in [6.07, 6.45) is -10.1. The molecule has 0 radical (unpaired) electrons. The molecule has 0 aliphatic rings. The summed E-state index contributed by atoms with van der Waals surface area (Å²) in [4.78, 5) is 11.5. The van der Waals surface area contributed by atoms with Gasteiger partial charge in [0.05, 0.1) is 31.5 Å². The number of carbonyl (C=O) groups is 1. The molecule has 6 unspecified atom stereocenters. The number of carboxylic acids is 1. The molecule has 13 heteroatoms. The molecular formula is C15H30O13. The van der Waals surface area contributed by atoms with Crippen LogP contribution >= 0.6 is 0 Å². The summed E-state index contributed by atoms with van der Waals surface area (Å²) in [5.74, 6) is -1.53. The number of aliphatic hydroxyl groups excluding tert-OH is 4. The first-order valence-electron chi connectivity index (χ1n) is 8.43. The van der Waals surface area contributed by atoms with E-state index in [0.29, 0.717) is 0 Å². The average molecular weight is 418 g/mol. The van der Waals surface area contributed by atoms with Crippen LogP contribution in [0.3, 0.4) is 0 Å². The lowest BCUT2D eigenvalue weighted by molar-refractivity contribution is -0.307. The molecule has 28 heavy (non-hydrogen) atoms. The first-order valence-corrected chi connectivity index (χ1v) is 8.43. The highest BCUT2D eigenvalue weighted by atomic mass is 16.8. The summed E-state index contributed by atoms with van der Waals surface area (Å²) in [6, 6.07) is 0. The SMILES string of the molecule is CC(O)C(C)OC(COC(O)O)OC(C)C(OC(OCCO)C(O)O)C(=O)O. The van der Waals surface area contributed by atoms with Gasteiger partial charge in [0, 0.05) is 0 Å². The zero-order chi connectivity index (χ0) is 21.9. The summed E-state index contributed by atoms with van der Waals surface area (Å²) < 4.78 is 25.1. The molecule has 0 aromatic heterocycles. The lowest BCUT2D eigenvalue weighted by Gasteiger charge is -2.31. The fourth-order valence-electron chi connectivity index (χ4n) is 1.82. The average Bonchev–Trinajstić information content (AvgIpc) is 2.58. The minimum atomic E-state index is -2.20. The predicted octanol–water partition coefficient (Wildman–Crippen LogP) is -3.10. The second-order valence-electron chi connectivity index (χ2n) is 5.78. The number of hydrogen-bond acceptors (Lipinski definition) is 12. The van der Waals surface area contributed by atoms with Gasteiger partial charge in [-0.25, -0.2) is 4.79 Å². The van der Waals surface area contributed by atoms with Gasteiger partial charge < -0.3 is 59.4 Å². The van der Waals surface area contributed by atoms with E-state index in [-0.39, 0.29) is 6.61 Å². The van der Waals surface area contributed by atoms with Crippen molar-refractivity contribution in [3.8, 4) is 0 Å². The Hall–Kier alpha value is -0.970. The van der Waals surface area contributed by atoms with E-state index >= 15 is 0 Å². The van der Waals surface area contributed by atoms with Gasteiger partial charge >= 0.3 is 5.97 Å². The molecule has 7 N–H and O–H groups in total. The van der Waals surface area contributed by atoms with E-state index in [1.54, 1.807) is 0 Å². The molecule has 0 aliphatic carbocycles. The number of carboxylic acid groups (broad SMARTS) is 1. The zero-order valence-corrected chi connectivity index (χ0v) is 15.8. The van der Waals surface area contributed by atoms with Crippen LogP contribution in [0.2, 0.25) is 0 Å². The molecule has 0 rings (SSSR count). The Kier molecular flexibility index (Phi) is 13.6. The maximum absolute atomic E-state index is 11.5. The molecule has 0 aliphatic heterocycles. The first kappa shape index (κ1) is 27.0. The summed E-state index contributed by atoms with van der Waals surface area (Å²) >= 11 is 0. The van der Waals surface area contributed by atoms with Crippen LogP contribution in [0.25, 0.3) is 0 Å². The topological polar surface area (TPSA) is 205 Å². The monoisotopic (exact) mass is 418 g/mol. The largest absolute Gasteiger partial charge is 0.479 e. The van der Waals surface area contributed by atoms with Gasteiger partial charge in [-0.3, -0.25) is 0 Å². The lowest BCUT2D eigenvalue weighted by atomic mass is 10.2. The van der Waals surface area contributed by atoms with E-state index in [0.717, 1.165) is 0 Å². The standard InChI is InChI=1S/C15H30O13/c1-7(17)8(2)26-10(6-25-15(22)23)27-9(3)11(12(18)19)28-14(13(20)21)24-5-4-16/h7-11,13-17,20-23H,4-6H2,1-3H3,(H,18,19). The minimum absolute atomic E-state index is 0.344. The molecule has 0 saturated carbocycles. The molecule has 6 atom stereocenters. The van der Waals surface area contributed by atoms with Crippen molar-refractivity contribution in [2.24, 2.45) is 0 Å². The minimum Gasteiger partial charge on any atom is -0.479 e. The van der Waals surface area contributed by atoms with E-state index in [4.69, 9.17) is 34.3 Å². The van der Waals surface area contributed by atoms with Crippen LogP contribution in [0.5, 0.6) is 0 Å². The van der Waals surface area contributed by atoms with Gasteiger partial charge in [-0.1, -0.05) is 0 Å². The molecule has 0 fully saturated rings. The third-order valence-electron chi connectivity index (χ3n) is 3.36. The second kappa shape index (κ2) is 14.1. The molecule has 0 bridgehead atoms. The molecule has 0 spiro atoms. The van der Waals surface area contributed by atoms with Crippen molar-refractivity contribution in [1.82, 2.24) is 0 Å². The lowest BCUT2D eigenvalue weighted by Crippen LogP contribution is -2.46. The van der Waals surface area contributed by atoms with Crippen molar-refractivity contribution in [3.63, 3.8) is 0 Å². The zero-order valence-electron chi connectivity index (χ0n) is 15.8. The smallest absolute Gasteiger partial charge is 0.335 e. The molecule has 13 nitrogen and oxygen atoms in total. The number of ether oxygens (including phenoxy) is 5. The van der Waals surface area contributed by atoms with E-state index in [2.05, 4.69) is 4.74 Å². The first-order chi connectivity index (χ1) is 13.0. The normalized spacial score (nSPS) is 18.7.